The standard InChI is InChI=1S/C17H28OS/c1-3-4-5-6-7-8-9-10-11-12-16(18)17-14-13-15(2)19-17/h13-14H,3-12H2,1-2H3. The number of ketones is 1. The van der Waals surface area contributed by atoms with Gasteiger partial charge in [0.15, 0.2) is 5.78 Å². The molecule has 0 spiro atoms. The number of hydrogen-bond donors (Lipinski definition) is 0. The van der Waals surface area contributed by atoms with Crippen LogP contribution < -0.4 is 0 Å². The van der Waals surface area contributed by atoms with Gasteiger partial charge in [-0.05, 0) is 25.5 Å². The van der Waals surface area contributed by atoms with Gasteiger partial charge < -0.3 is 0 Å². The minimum atomic E-state index is 0.334. The Balaban J connectivity index is 1.95. The van der Waals surface area contributed by atoms with E-state index in [0.717, 1.165) is 17.7 Å². The molecule has 0 amide bonds. The van der Waals surface area contributed by atoms with Crippen LogP contribution in [0.4, 0.5) is 0 Å². The summed E-state index contributed by atoms with van der Waals surface area (Å²) in [7, 11) is 0. The van der Waals surface area contributed by atoms with Crippen molar-refractivity contribution in [3.63, 3.8) is 0 Å². The lowest BCUT2D eigenvalue weighted by Gasteiger charge is -2.01. The van der Waals surface area contributed by atoms with Crippen LogP contribution in [0.1, 0.15) is 85.7 Å². The highest BCUT2D eigenvalue weighted by molar-refractivity contribution is 7.14. The molecule has 0 bridgehead atoms. The molecule has 1 aromatic rings. The topological polar surface area (TPSA) is 17.1 Å². The summed E-state index contributed by atoms with van der Waals surface area (Å²) < 4.78 is 0. The van der Waals surface area contributed by atoms with Gasteiger partial charge in [0.2, 0.25) is 0 Å². The molecule has 1 rings (SSSR count). The SMILES string of the molecule is CCCCCCCCCCCC(=O)c1ccc(C)s1. The van der Waals surface area contributed by atoms with Gasteiger partial charge in [-0.25, -0.2) is 0 Å². The summed E-state index contributed by atoms with van der Waals surface area (Å²) in [4.78, 5) is 14.0. The molecule has 0 aliphatic rings. The first kappa shape index (κ1) is 16.4. The largest absolute Gasteiger partial charge is 0.293 e. The fourth-order valence-electron chi connectivity index (χ4n) is 2.30. The molecule has 0 saturated heterocycles. The van der Waals surface area contributed by atoms with Crippen molar-refractivity contribution in [3.8, 4) is 0 Å². The Hall–Kier alpha value is -0.630. The lowest BCUT2D eigenvalue weighted by Crippen LogP contribution is -1.95. The average molecular weight is 280 g/mol. The highest BCUT2D eigenvalue weighted by Gasteiger charge is 2.07. The van der Waals surface area contributed by atoms with Gasteiger partial charge in [-0.2, -0.15) is 0 Å². The summed E-state index contributed by atoms with van der Waals surface area (Å²) in [5, 5.41) is 0. The van der Waals surface area contributed by atoms with E-state index >= 15 is 0 Å². The first-order chi connectivity index (χ1) is 9.24. The number of unbranched alkanes of at least 4 members (excludes halogenated alkanes) is 8. The van der Waals surface area contributed by atoms with Crippen molar-refractivity contribution < 1.29 is 4.79 Å². The predicted molar refractivity (Wildman–Crippen MR) is 85.2 cm³/mol. The summed E-state index contributed by atoms with van der Waals surface area (Å²) in [6, 6.07) is 4.00. The van der Waals surface area contributed by atoms with Crippen molar-refractivity contribution in [2.45, 2.75) is 78.1 Å². The van der Waals surface area contributed by atoms with Gasteiger partial charge in [-0.15, -0.1) is 11.3 Å². The van der Waals surface area contributed by atoms with E-state index < -0.39 is 0 Å². The van der Waals surface area contributed by atoms with Crippen LogP contribution in [0.2, 0.25) is 0 Å². The number of thiophene rings is 1. The highest BCUT2D eigenvalue weighted by Crippen LogP contribution is 2.18. The second-order valence-electron chi connectivity index (χ2n) is 5.41. The minimum Gasteiger partial charge on any atom is -0.293 e. The Bertz CT molecular complexity index is 354. The lowest BCUT2D eigenvalue weighted by atomic mass is 10.1. The van der Waals surface area contributed by atoms with E-state index in [4.69, 9.17) is 0 Å². The average Bonchev–Trinajstić information content (AvgIpc) is 2.83. The number of aryl methyl sites for hydroxylation is 1. The van der Waals surface area contributed by atoms with Gasteiger partial charge >= 0.3 is 0 Å². The van der Waals surface area contributed by atoms with E-state index in [0.29, 0.717) is 5.78 Å². The zero-order chi connectivity index (χ0) is 13.9. The Morgan fingerprint density at radius 1 is 0.947 bits per heavy atom. The molecule has 2 heteroatoms. The van der Waals surface area contributed by atoms with Crippen LogP contribution in [0.5, 0.6) is 0 Å². The van der Waals surface area contributed by atoms with Crippen LogP contribution in [0, 0.1) is 6.92 Å². The quantitative estimate of drug-likeness (QED) is 0.350. The summed E-state index contributed by atoms with van der Waals surface area (Å²) >= 11 is 1.63. The summed E-state index contributed by atoms with van der Waals surface area (Å²) in [5.74, 6) is 0.334. The van der Waals surface area contributed by atoms with Crippen LogP contribution in [0.3, 0.4) is 0 Å². The predicted octanol–water partition coefficient (Wildman–Crippen LogP) is 6.16. The molecule has 108 valence electrons. The first-order valence-electron chi connectivity index (χ1n) is 7.83. The maximum Gasteiger partial charge on any atom is 0.172 e. The Labute approximate surface area is 122 Å². The van der Waals surface area contributed by atoms with Gasteiger partial charge in [0.05, 0.1) is 4.88 Å². The number of carbonyl (C=O) groups is 1. The van der Waals surface area contributed by atoms with E-state index in [1.54, 1.807) is 11.3 Å². The van der Waals surface area contributed by atoms with Gasteiger partial charge in [-0.3, -0.25) is 4.79 Å². The maximum atomic E-state index is 11.9. The van der Waals surface area contributed by atoms with Gasteiger partial charge in [0.25, 0.3) is 0 Å². The zero-order valence-electron chi connectivity index (χ0n) is 12.5. The van der Waals surface area contributed by atoms with E-state index in [1.165, 1.54) is 56.2 Å². The van der Waals surface area contributed by atoms with Crippen LogP contribution in [0.25, 0.3) is 0 Å². The van der Waals surface area contributed by atoms with Crippen molar-refractivity contribution in [1.82, 2.24) is 0 Å². The van der Waals surface area contributed by atoms with Crippen molar-refractivity contribution >= 4 is 17.1 Å². The van der Waals surface area contributed by atoms with Crippen LogP contribution in [-0.2, 0) is 0 Å². The van der Waals surface area contributed by atoms with Crippen molar-refractivity contribution in [1.29, 1.82) is 0 Å². The molecule has 0 fully saturated rings. The number of Topliss-reactive ketones (excluding diaryl/α,β-unsaturated/α-hetero) is 1. The second-order valence-corrected chi connectivity index (χ2v) is 6.70. The molecule has 0 radical (unpaired) electrons. The highest BCUT2D eigenvalue weighted by atomic mass is 32.1. The van der Waals surface area contributed by atoms with Crippen LogP contribution in [0.15, 0.2) is 12.1 Å². The molecular formula is C17H28OS. The van der Waals surface area contributed by atoms with Crippen LogP contribution >= 0.6 is 11.3 Å². The fraction of sp³-hybridized carbons (Fsp3) is 0.706. The molecule has 1 heterocycles. The lowest BCUT2D eigenvalue weighted by molar-refractivity contribution is 0.0983. The minimum absolute atomic E-state index is 0.334. The van der Waals surface area contributed by atoms with Gasteiger partial charge in [0.1, 0.15) is 0 Å². The van der Waals surface area contributed by atoms with Gasteiger partial charge in [-0.1, -0.05) is 58.3 Å². The van der Waals surface area contributed by atoms with Crippen LogP contribution in [-0.4, -0.2) is 5.78 Å². The van der Waals surface area contributed by atoms with Crippen molar-refractivity contribution in [2.75, 3.05) is 0 Å². The maximum absolute atomic E-state index is 11.9. The van der Waals surface area contributed by atoms with E-state index in [2.05, 4.69) is 13.8 Å². The van der Waals surface area contributed by atoms with E-state index in [-0.39, 0.29) is 0 Å². The van der Waals surface area contributed by atoms with E-state index in [1.807, 2.05) is 12.1 Å². The molecule has 19 heavy (non-hydrogen) atoms. The third-order valence-electron chi connectivity index (χ3n) is 3.52. The van der Waals surface area contributed by atoms with Gasteiger partial charge in [0, 0.05) is 11.3 Å². The molecule has 0 saturated carbocycles. The van der Waals surface area contributed by atoms with Crippen molar-refractivity contribution in [3.05, 3.63) is 21.9 Å². The molecular weight excluding hydrogens is 252 g/mol. The molecule has 0 aliphatic heterocycles. The number of hydrogen-bond acceptors (Lipinski definition) is 2. The smallest absolute Gasteiger partial charge is 0.172 e. The third-order valence-corrected chi connectivity index (χ3v) is 4.56. The molecule has 0 atom stereocenters. The summed E-state index contributed by atoms with van der Waals surface area (Å²) in [6.07, 6.45) is 12.5. The molecule has 0 aromatic carbocycles. The Morgan fingerprint density at radius 3 is 2.05 bits per heavy atom. The Morgan fingerprint density at radius 2 is 1.53 bits per heavy atom. The fourth-order valence-corrected chi connectivity index (χ4v) is 3.14. The van der Waals surface area contributed by atoms with Crippen molar-refractivity contribution in [2.24, 2.45) is 0 Å². The van der Waals surface area contributed by atoms with E-state index in [9.17, 15) is 4.79 Å². The normalized spacial score (nSPS) is 10.8. The monoisotopic (exact) mass is 280 g/mol. The molecule has 0 aliphatic carbocycles. The molecule has 1 aromatic heterocycles. The third kappa shape index (κ3) is 7.51. The molecule has 1 nitrogen and oxygen atoms in total. The first-order valence-corrected chi connectivity index (χ1v) is 8.65. The number of carbonyl (C=O) groups excluding carboxylic acids is 1. The molecule has 0 N–H and O–H groups in total. The number of rotatable bonds is 11. The Kier molecular flexibility index (Phi) is 8.81. The summed E-state index contributed by atoms with van der Waals surface area (Å²) in [6.45, 7) is 4.31. The summed E-state index contributed by atoms with van der Waals surface area (Å²) in [5.41, 5.74) is 0. The molecule has 0 unspecified atom stereocenters. The zero-order valence-corrected chi connectivity index (χ0v) is 13.4. The second kappa shape index (κ2) is 10.2.